The molecule has 0 fully saturated rings. The first-order chi connectivity index (χ1) is 7.76. The highest BCUT2D eigenvalue weighted by Gasteiger charge is 2.10. The van der Waals surface area contributed by atoms with Crippen LogP contribution in [0.25, 0.3) is 10.7 Å². The Hall–Kier alpha value is -0.940. The normalized spacial score (nSPS) is 10.9. The number of thiophene rings is 1. The third-order valence-corrected chi connectivity index (χ3v) is 3.97. The van der Waals surface area contributed by atoms with E-state index in [1.807, 2.05) is 0 Å². The highest BCUT2D eigenvalue weighted by atomic mass is 32.1. The van der Waals surface area contributed by atoms with E-state index in [0.717, 1.165) is 25.2 Å². The molecule has 5 heteroatoms. The van der Waals surface area contributed by atoms with Gasteiger partial charge in [0.2, 0.25) is 0 Å². The predicted molar refractivity (Wildman–Crippen MR) is 70.4 cm³/mol. The molecule has 2 aromatic rings. The highest BCUT2D eigenvalue weighted by molar-refractivity contribution is 7.71. The number of hydrogen-bond acceptors (Lipinski definition) is 3. The Morgan fingerprint density at radius 3 is 2.88 bits per heavy atom. The van der Waals surface area contributed by atoms with Gasteiger partial charge in [0, 0.05) is 11.4 Å². The summed E-state index contributed by atoms with van der Waals surface area (Å²) in [6.07, 6.45) is 2.14. The average molecular weight is 253 g/mol. The van der Waals surface area contributed by atoms with E-state index in [1.54, 1.807) is 11.3 Å². The zero-order valence-corrected chi connectivity index (χ0v) is 11.1. The van der Waals surface area contributed by atoms with Crippen LogP contribution in [0.4, 0.5) is 0 Å². The molecule has 0 saturated heterocycles. The molecule has 2 rings (SSSR count). The third kappa shape index (κ3) is 2.10. The monoisotopic (exact) mass is 253 g/mol. The SMILES string of the molecule is CCCn1c(-c2ccc(CC)s2)n[nH]c1=S. The van der Waals surface area contributed by atoms with Crippen LogP contribution in [0.3, 0.4) is 0 Å². The highest BCUT2D eigenvalue weighted by Crippen LogP contribution is 2.27. The fraction of sp³-hybridized carbons (Fsp3) is 0.455. The summed E-state index contributed by atoms with van der Waals surface area (Å²) in [6.45, 7) is 5.23. The third-order valence-electron chi connectivity index (χ3n) is 2.44. The number of H-pyrrole nitrogens is 1. The minimum absolute atomic E-state index is 0.711. The first-order valence-electron chi connectivity index (χ1n) is 5.50. The van der Waals surface area contributed by atoms with E-state index in [4.69, 9.17) is 12.2 Å². The molecule has 0 atom stereocenters. The lowest BCUT2D eigenvalue weighted by Gasteiger charge is -2.02. The summed E-state index contributed by atoms with van der Waals surface area (Å²) < 4.78 is 2.78. The summed E-state index contributed by atoms with van der Waals surface area (Å²) in [5.41, 5.74) is 0. The maximum Gasteiger partial charge on any atom is 0.195 e. The van der Waals surface area contributed by atoms with Crippen molar-refractivity contribution in [3.05, 3.63) is 21.8 Å². The molecule has 0 saturated carbocycles. The van der Waals surface area contributed by atoms with Crippen molar-refractivity contribution in [3.63, 3.8) is 0 Å². The van der Waals surface area contributed by atoms with Crippen LogP contribution in [0.1, 0.15) is 25.1 Å². The molecule has 0 amide bonds. The van der Waals surface area contributed by atoms with Gasteiger partial charge in [0.15, 0.2) is 10.6 Å². The molecule has 0 radical (unpaired) electrons. The van der Waals surface area contributed by atoms with Crippen molar-refractivity contribution in [1.82, 2.24) is 14.8 Å². The van der Waals surface area contributed by atoms with Crippen molar-refractivity contribution in [2.24, 2.45) is 0 Å². The smallest absolute Gasteiger partial charge is 0.195 e. The van der Waals surface area contributed by atoms with Crippen LogP contribution >= 0.6 is 23.6 Å². The molecule has 86 valence electrons. The summed E-state index contributed by atoms with van der Waals surface area (Å²) in [6, 6.07) is 4.29. The Kier molecular flexibility index (Phi) is 3.56. The Morgan fingerprint density at radius 1 is 1.44 bits per heavy atom. The van der Waals surface area contributed by atoms with Gasteiger partial charge in [0.1, 0.15) is 0 Å². The van der Waals surface area contributed by atoms with Gasteiger partial charge in [-0.05, 0) is 37.2 Å². The van der Waals surface area contributed by atoms with Gasteiger partial charge in [-0.15, -0.1) is 11.3 Å². The second-order valence-corrected chi connectivity index (χ2v) is 5.18. The van der Waals surface area contributed by atoms with Crippen LogP contribution in [-0.2, 0) is 13.0 Å². The summed E-state index contributed by atoms with van der Waals surface area (Å²) in [4.78, 5) is 2.57. The Labute approximate surface area is 104 Å². The zero-order valence-electron chi connectivity index (χ0n) is 9.49. The fourth-order valence-electron chi connectivity index (χ4n) is 1.62. The van der Waals surface area contributed by atoms with Crippen molar-refractivity contribution in [2.45, 2.75) is 33.2 Å². The summed E-state index contributed by atoms with van der Waals surface area (Å²) in [7, 11) is 0. The van der Waals surface area contributed by atoms with Crippen molar-refractivity contribution in [3.8, 4) is 10.7 Å². The second kappa shape index (κ2) is 4.93. The van der Waals surface area contributed by atoms with Gasteiger partial charge in [0.25, 0.3) is 0 Å². The molecule has 2 aromatic heterocycles. The topological polar surface area (TPSA) is 33.6 Å². The minimum atomic E-state index is 0.711. The molecule has 0 aliphatic heterocycles. The molecule has 0 aliphatic carbocycles. The summed E-state index contributed by atoms with van der Waals surface area (Å²) >= 11 is 7.01. The summed E-state index contributed by atoms with van der Waals surface area (Å²) in [5, 5.41) is 7.18. The van der Waals surface area contributed by atoms with Gasteiger partial charge in [-0.3, -0.25) is 9.67 Å². The van der Waals surface area contributed by atoms with Crippen LogP contribution in [0, 0.1) is 4.77 Å². The van der Waals surface area contributed by atoms with Crippen molar-refractivity contribution in [1.29, 1.82) is 0 Å². The first kappa shape index (κ1) is 11.5. The Morgan fingerprint density at radius 2 is 2.25 bits per heavy atom. The van der Waals surface area contributed by atoms with E-state index in [9.17, 15) is 0 Å². The standard InChI is InChI=1S/C11H15N3S2/c1-3-7-14-10(12-13-11(14)15)9-6-5-8(4-2)16-9/h5-6H,3-4,7H2,1-2H3,(H,13,15). The molecule has 16 heavy (non-hydrogen) atoms. The van der Waals surface area contributed by atoms with E-state index in [1.165, 1.54) is 9.75 Å². The van der Waals surface area contributed by atoms with E-state index in [2.05, 4.69) is 40.7 Å². The maximum atomic E-state index is 5.22. The van der Waals surface area contributed by atoms with Gasteiger partial charge in [-0.2, -0.15) is 5.10 Å². The lowest BCUT2D eigenvalue weighted by Crippen LogP contribution is -1.98. The largest absolute Gasteiger partial charge is 0.300 e. The lowest BCUT2D eigenvalue weighted by atomic mass is 10.3. The average Bonchev–Trinajstić information content (AvgIpc) is 2.87. The molecule has 1 N–H and O–H groups in total. The lowest BCUT2D eigenvalue weighted by molar-refractivity contribution is 0.675. The Bertz CT molecular complexity index is 521. The number of aromatic nitrogens is 3. The van der Waals surface area contributed by atoms with Crippen LogP contribution in [0.15, 0.2) is 12.1 Å². The van der Waals surface area contributed by atoms with Gasteiger partial charge >= 0.3 is 0 Å². The molecule has 3 nitrogen and oxygen atoms in total. The van der Waals surface area contributed by atoms with Crippen molar-refractivity contribution >= 4 is 23.6 Å². The molecule has 2 heterocycles. The van der Waals surface area contributed by atoms with E-state index >= 15 is 0 Å². The molecule has 0 aromatic carbocycles. The van der Waals surface area contributed by atoms with Gasteiger partial charge in [-0.1, -0.05) is 13.8 Å². The Balaban J connectivity index is 2.43. The molecule has 0 spiro atoms. The number of rotatable bonds is 4. The van der Waals surface area contributed by atoms with Crippen LogP contribution in [-0.4, -0.2) is 14.8 Å². The van der Waals surface area contributed by atoms with E-state index in [0.29, 0.717) is 4.77 Å². The molecular weight excluding hydrogens is 238 g/mol. The van der Waals surface area contributed by atoms with Crippen molar-refractivity contribution < 1.29 is 0 Å². The maximum absolute atomic E-state index is 5.22. The molecule has 0 aliphatic rings. The quantitative estimate of drug-likeness (QED) is 0.844. The first-order valence-corrected chi connectivity index (χ1v) is 6.73. The molecule has 0 bridgehead atoms. The van der Waals surface area contributed by atoms with Gasteiger partial charge in [-0.25, -0.2) is 0 Å². The van der Waals surface area contributed by atoms with Gasteiger partial charge in [0.05, 0.1) is 4.88 Å². The van der Waals surface area contributed by atoms with E-state index < -0.39 is 0 Å². The van der Waals surface area contributed by atoms with Crippen LogP contribution in [0.5, 0.6) is 0 Å². The summed E-state index contributed by atoms with van der Waals surface area (Å²) in [5.74, 6) is 0.969. The van der Waals surface area contributed by atoms with E-state index in [-0.39, 0.29) is 0 Å². The fourth-order valence-corrected chi connectivity index (χ4v) is 2.79. The van der Waals surface area contributed by atoms with Gasteiger partial charge < -0.3 is 0 Å². The molecular formula is C11H15N3S2. The van der Waals surface area contributed by atoms with Crippen molar-refractivity contribution in [2.75, 3.05) is 0 Å². The number of aryl methyl sites for hydroxylation is 1. The number of aromatic amines is 1. The zero-order chi connectivity index (χ0) is 11.5. The minimum Gasteiger partial charge on any atom is -0.300 e. The number of nitrogens with zero attached hydrogens (tertiary/aromatic N) is 2. The number of hydrogen-bond donors (Lipinski definition) is 1. The predicted octanol–water partition coefficient (Wildman–Crippen LogP) is 3.64. The second-order valence-electron chi connectivity index (χ2n) is 3.62. The van der Waals surface area contributed by atoms with Crippen LogP contribution < -0.4 is 0 Å². The van der Waals surface area contributed by atoms with Crippen LogP contribution in [0.2, 0.25) is 0 Å². The molecule has 0 unspecified atom stereocenters. The number of nitrogens with one attached hydrogen (secondary N) is 1.